The van der Waals surface area contributed by atoms with Gasteiger partial charge in [0.2, 0.25) is 0 Å². The Labute approximate surface area is 174 Å². The fourth-order valence-corrected chi connectivity index (χ4v) is 4.11. The molecule has 2 N–H and O–H groups in total. The highest BCUT2D eigenvalue weighted by atomic mass is 19.4. The first-order chi connectivity index (χ1) is 14.6. The van der Waals surface area contributed by atoms with Crippen molar-refractivity contribution in [3.63, 3.8) is 0 Å². The molecule has 0 aliphatic carbocycles. The summed E-state index contributed by atoms with van der Waals surface area (Å²) >= 11 is 0. The summed E-state index contributed by atoms with van der Waals surface area (Å²) in [6, 6.07) is 2.81. The molecule has 1 fully saturated rings. The number of hydrogen-bond acceptors (Lipinski definition) is 5. The summed E-state index contributed by atoms with van der Waals surface area (Å²) in [5, 5.41) is 17.8. The van der Waals surface area contributed by atoms with E-state index in [1.807, 2.05) is 0 Å². The topological polar surface area (TPSA) is 69.7 Å². The fraction of sp³-hybridized carbons (Fsp3) is 0.476. The van der Waals surface area contributed by atoms with Gasteiger partial charge in [-0.2, -0.15) is 13.2 Å². The number of nitrogens with zero attached hydrogens (tertiary/aromatic N) is 1. The number of ether oxygens (including phenoxy) is 1. The van der Waals surface area contributed by atoms with Crippen LogP contribution in [0.5, 0.6) is 0 Å². The summed E-state index contributed by atoms with van der Waals surface area (Å²) in [5.74, 6) is -3.36. The molecular weight excluding hydrogens is 423 g/mol. The zero-order valence-corrected chi connectivity index (χ0v) is 16.4. The molecule has 31 heavy (non-hydrogen) atoms. The first kappa shape index (κ1) is 21.6. The summed E-state index contributed by atoms with van der Waals surface area (Å²) in [6.07, 6.45) is -3.78. The maximum atomic E-state index is 15.1. The van der Waals surface area contributed by atoms with E-state index in [-0.39, 0.29) is 59.7 Å². The molecule has 3 heterocycles. The summed E-state index contributed by atoms with van der Waals surface area (Å²) in [5.41, 5.74) is -0.980. The highest BCUT2D eigenvalue weighted by Gasteiger charge is 2.44. The van der Waals surface area contributed by atoms with Crippen LogP contribution in [0.3, 0.4) is 0 Å². The second kappa shape index (κ2) is 7.81. The summed E-state index contributed by atoms with van der Waals surface area (Å²) in [4.78, 5) is 1.24. The van der Waals surface area contributed by atoms with Crippen molar-refractivity contribution in [2.75, 3.05) is 24.6 Å². The zero-order valence-electron chi connectivity index (χ0n) is 16.4. The van der Waals surface area contributed by atoms with Gasteiger partial charge in [0.25, 0.3) is 5.92 Å². The molecule has 2 aliphatic rings. The van der Waals surface area contributed by atoms with Gasteiger partial charge in [-0.15, -0.1) is 0 Å². The molecule has 0 amide bonds. The monoisotopic (exact) mass is 444 g/mol. The van der Waals surface area contributed by atoms with Crippen molar-refractivity contribution in [1.82, 2.24) is 0 Å². The molecule has 5 nitrogen and oxygen atoms in total. The van der Waals surface area contributed by atoms with Gasteiger partial charge < -0.3 is 24.6 Å². The molecule has 1 atom stereocenters. The van der Waals surface area contributed by atoms with Gasteiger partial charge in [-0.3, -0.25) is 0 Å². The number of anilines is 1. The summed E-state index contributed by atoms with van der Waals surface area (Å²) in [7, 11) is 0. The van der Waals surface area contributed by atoms with Crippen LogP contribution < -0.4 is 4.90 Å². The lowest BCUT2D eigenvalue weighted by Gasteiger charge is -2.34. The first-order valence-corrected chi connectivity index (χ1v) is 9.92. The number of halogens is 5. The van der Waals surface area contributed by atoms with Gasteiger partial charge in [0.15, 0.2) is 5.76 Å². The van der Waals surface area contributed by atoms with Crippen LogP contribution >= 0.6 is 0 Å². The largest absolute Gasteiger partial charge is 0.515 e. The van der Waals surface area contributed by atoms with Crippen molar-refractivity contribution < 1.29 is 36.2 Å². The first-order valence-electron chi connectivity index (χ1n) is 9.92. The SMILES string of the molecule is N=C1CCN(CC(F)(F)C2CCCCO2)c2c(oc3ccc(C(F)(F)F)cc23)/C1=C\O. The van der Waals surface area contributed by atoms with Crippen molar-refractivity contribution in [3.05, 3.63) is 35.8 Å². The maximum Gasteiger partial charge on any atom is 0.416 e. The van der Waals surface area contributed by atoms with E-state index in [0.29, 0.717) is 19.1 Å². The lowest BCUT2D eigenvalue weighted by molar-refractivity contribution is -0.147. The standard InChI is InChI=1S/C21H21F5N2O3/c22-20(23,17-3-1-2-8-30-17)11-28-7-6-15(27)14(10-29)19-18(28)13-9-12(21(24,25)26)4-5-16(13)31-19/h4-5,9-10,17,27,29H,1-3,6-8,11H2/b14-10-,27-15?. The molecule has 168 valence electrons. The van der Waals surface area contributed by atoms with Gasteiger partial charge in [0.1, 0.15) is 11.7 Å². The highest BCUT2D eigenvalue weighted by molar-refractivity contribution is 6.24. The Morgan fingerprint density at radius 3 is 2.61 bits per heavy atom. The molecule has 2 aromatic rings. The van der Waals surface area contributed by atoms with Crippen LogP contribution in [-0.4, -0.2) is 42.5 Å². The maximum absolute atomic E-state index is 15.1. The average molecular weight is 444 g/mol. The number of furan rings is 1. The van der Waals surface area contributed by atoms with Crippen LogP contribution in [0.25, 0.3) is 16.5 Å². The number of hydrogen-bond donors (Lipinski definition) is 2. The van der Waals surface area contributed by atoms with E-state index in [2.05, 4.69) is 0 Å². The van der Waals surface area contributed by atoms with Gasteiger partial charge in [-0.1, -0.05) is 0 Å². The Kier molecular flexibility index (Phi) is 5.45. The zero-order chi connectivity index (χ0) is 22.4. The normalized spacial score (nSPS) is 22.1. The van der Waals surface area contributed by atoms with E-state index in [1.165, 1.54) is 4.90 Å². The second-order valence-corrected chi connectivity index (χ2v) is 7.80. The molecule has 1 saturated heterocycles. The van der Waals surface area contributed by atoms with Crippen LogP contribution in [0.1, 0.15) is 37.0 Å². The average Bonchev–Trinajstić information content (AvgIpc) is 3.04. The molecule has 1 unspecified atom stereocenters. The van der Waals surface area contributed by atoms with Crippen LogP contribution in [0.15, 0.2) is 28.9 Å². The van der Waals surface area contributed by atoms with Crippen molar-refractivity contribution in [2.24, 2.45) is 0 Å². The smallest absolute Gasteiger partial charge is 0.416 e. The van der Waals surface area contributed by atoms with Crippen LogP contribution in [0, 0.1) is 5.41 Å². The van der Waals surface area contributed by atoms with Crippen LogP contribution in [-0.2, 0) is 10.9 Å². The molecular formula is C21H21F5N2O3. The Morgan fingerprint density at radius 2 is 1.97 bits per heavy atom. The minimum atomic E-state index is -4.63. The van der Waals surface area contributed by atoms with Gasteiger partial charge in [-0.25, -0.2) is 8.78 Å². The Morgan fingerprint density at radius 1 is 1.19 bits per heavy atom. The molecule has 10 heteroatoms. The van der Waals surface area contributed by atoms with Gasteiger partial charge in [-0.05, 0) is 37.5 Å². The van der Waals surface area contributed by atoms with Crippen molar-refractivity contribution in [2.45, 2.75) is 43.9 Å². The lowest BCUT2D eigenvalue weighted by Crippen LogP contribution is -2.47. The summed E-state index contributed by atoms with van der Waals surface area (Å²) < 4.78 is 80.9. The quantitative estimate of drug-likeness (QED) is 0.465. The van der Waals surface area contributed by atoms with Gasteiger partial charge in [0.05, 0.1) is 29.6 Å². The van der Waals surface area contributed by atoms with E-state index < -0.39 is 30.3 Å². The number of fused-ring (bicyclic) bond motifs is 3. The Bertz CT molecular complexity index is 1020. The number of nitrogens with one attached hydrogen (secondary N) is 1. The molecule has 1 aromatic heterocycles. The number of alkyl halides is 5. The minimum Gasteiger partial charge on any atom is -0.515 e. The van der Waals surface area contributed by atoms with E-state index in [0.717, 1.165) is 18.2 Å². The predicted molar refractivity (Wildman–Crippen MR) is 105 cm³/mol. The molecule has 0 spiro atoms. The molecule has 1 aromatic carbocycles. The molecule has 0 bridgehead atoms. The van der Waals surface area contributed by atoms with Gasteiger partial charge in [0, 0.05) is 30.7 Å². The van der Waals surface area contributed by atoms with Crippen LogP contribution in [0.2, 0.25) is 0 Å². The number of rotatable bonds is 3. The predicted octanol–water partition coefficient (Wildman–Crippen LogP) is 5.78. The van der Waals surface area contributed by atoms with E-state index in [9.17, 15) is 18.3 Å². The number of aliphatic hydroxyl groups is 1. The van der Waals surface area contributed by atoms with Crippen molar-refractivity contribution in [3.8, 4) is 0 Å². The van der Waals surface area contributed by atoms with Crippen molar-refractivity contribution >= 4 is 27.9 Å². The lowest BCUT2D eigenvalue weighted by atomic mass is 10.0. The van der Waals surface area contributed by atoms with Crippen LogP contribution in [0.4, 0.5) is 27.6 Å². The third kappa shape index (κ3) is 4.00. The summed E-state index contributed by atoms with van der Waals surface area (Å²) in [6.45, 7) is -0.616. The molecule has 0 saturated carbocycles. The van der Waals surface area contributed by atoms with Crippen molar-refractivity contribution in [1.29, 1.82) is 5.41 Å². The molecule has 0 radical (unpaired) electrons. The third-order valence-electron chi connectivity index (χ3n) is 5.69. The second-order valence-electron chi connectivity index (χ2n) is 7.80. The minimum absolute atomic E-state index is 0.000706. The number of benzene rings is 1. The highest BCUT2D eigenvalue weighted by Crippen LogP contribution is 2.44. The number of aliphatic hydroxyl groups excluding tert-OH is 1. The molecule has 4 rings (SSSR count). The Hall–Kier alpha value is -2.62. The van der Waals surface area contributed by atoms with E-state index in [4.69, 9.17) is 14.6 Å². The van der Waals surface area contributed by atoms with E-state index in [1.54, 1.807) is 0 Å². The van der Waals surface area contributed by atoms with E-state index >= 15 is 8.78 Å². The molecule has 2 aliphatic heterocycles. The third-order valence-corrected chi connectivity index (χ3v) is 5.69. The van der Waals surface area contributed by atoms with Gasteiger partial charge >= 0.3 is 6.18 Å². The number of allylic oxidation sites excluding steroid dienone is 1. The Balaban J connectivity index is 1.83. The fourth-order valence-electron chi connectivity index (χ4n) is 4.11.